The van der Waals surface area contributed by atoms with Crippen molar-refractivity contribution in [3.8, 4) is 0 Å². The smallest absolute Gasteiger partial charge is 0.0948 e. The molecule has 0 fully saturated rings. The third-order valence-electron chi connectivity index (χ3n) is 4.43. The van der Waals surface area contributed by atoms with E-state index in [0.717, 1.165) is 18.8 Å². The molecule has 2 nitrogen and oxygen atoms in total. The second-order valence-corrected chi connectivity index (χ2v) is 6.76. The molecule has 0 aromatic carbocycles. The summed E-state index contributed by atoms with van der Waals surface area (Å²) in [5.41, 5.74) is 7.32. The van der Waals surface area contributed by atoms with Crippen LogP contribution in [0.2, 0.25) is 0 Å². The molecular formula is C20H42N2. The van der Waals surface area contributed by atoms with E-state index >= 15 is 0 Å². The fraction of sp³-hybridized carbons (Fsp3) is 0.900. The van der Waals surface area contributed by atoms with E-state index in [1.54, 1.807) is 0 Å². The average Bonchev–Trinajstić information content (AvgIpc) is 2.51. The van der Waals surface area contributed by atoms with Crippen LogP contribution in [0, 0.1) is 0 Å². The van der Waals surface area contributed by atoms with Crippen molar-refractivity contribution in [1.29, 1.82) is 0 Å². The molecule has 0 saturated carbocycles. The zero-order chi connectivity index (χ0) is 16.5. The summed E-state index contributed by atoms with van der Waals surface area (Å²) in [7, 11) is 0. The van der Waals surface area contributed by atoms with Gasteiger partial charge in [0.2, 0.25) is 0 Å². The highest BCUT2D eigenvalue weighted by atomic mass is 15.0. The number of unbranched alkanes of at least 4 members (excludes halogenated alkanes) is 11. The van der Waals surface area contributed by atoms with Crippen LogP contribution < -0.4 is 11.1 Å². The predicted molar refractivity (Wildman–Crippen MR) is 101 cm³/mol. The van der Waals surface area contributed by atoms with E-state index < -0.39 is 0 Å². The van der Waals surface area contributed by atoms with Gasteiger partial charge in [0.05, 0.1) is 5.82 Å². The van der Waals surface area contributed by atoms with E-state index in [4.69, 9.17) is 5.73 Å². The lowest BCUT2D eigenvalue weighted by atomic mass is 10.1. The minimum absolute atomic E-state index is 0.907. The summed E-state index contributed by atoms with van der Waals surface area (Å²) in [6, 6.07) is 0. The van der Waals surface area contributed by atoms with Gasteiger partial charge in [-0.05, 0) is 25.3 Å². The van der Waals surface area contributed by atoms with Crippen LogP contribution in [-0.4, -0.2) is 6.54 Å². The van der Waals surface area contributed by atoms with E-state index in [9.17, 15) is 0 Å². The Morgan fingerprint density at radius 1 is 0.682 bits per heavy atom. The molecule has 132 valence electrons. The standard InChI is InChI=1S/C20H42N2/c1-4-6-7-8-9-10-11-12-13-14-15-16-18-22-20(21)19(3)17-5-2/h22H,4-18,21H2,1-3H3. The maximum atomic E-state index is 6.01. The van der Waals surface area contributed by atoms with Crippen molar-refractivity contribution >= 4 is 0 Å². The highest BCUT2D eigenvalue weighted by molar-refractivity contribution is 5.06. The summed E-state index contributed by atoms with van der Waals surface area (Å²) < 4.78 is 0. The van der Waals surface area contributed by atoms with Gasteiger partial charge in [0.25, 0.3) is 0 Å². The van der Waals surface area contributed by atoms with E-state index in [1.165, 1.54) is 89.0 Å². The van der Waals surface area contributed by atoms with Crippen molar-refractivity contribution in [2.75, 3.05) is 6.54 Å². The lowest BCUT2D eigenvalue weighted by Crippen LogP contribution is -2.22. The van der Waals surface area contributed by atoms with Gasteiger partial charge in [-0.3, -0.25) is 0 Å². The van der Waals surface area contributed by atoms with Crippen LogP contribution in [-0.2, 0) is 0 Å². The monoisotopic (exact) mass is 310 g/mol. The molecule has 0 radical (unpaired) electrons. The van der Waals surface area contributed by atoms with Crippen LogP contribution in [0.25, 0.3) is 0 Å². The topological polar surface area (TPSA) is 38.0 Å². The number of hydrogen-bond donors (Lipinski definition) is 2. The molecule has 0 amide bonds. The first-order valence-corrected chi connectivity index (χ1v) is 9.91. The Morgan fingerprint density at radius 2 is 1.14 bits per heavy atom. The zero-order valence-corrected chi connectivity index (χ0v) is 15.7. The van der Waals surface area contributed by atoms with Crippen LogP contribution in [0.1, 0.15) is 111 Å². The summed E-state index contributed by atoms with van der Waals surface area (Å²) in [6.45, 7) is 7.65. The van der Waals surface area contributed by atoms with E-state index in [-0.39, 0.29) is 0 Å². The summed E-state index contributed by atoms with van der Waals surface area (Å²) >= 11 is 0. The Bertz CT molecular complexity index is 258. The molecule has 0 spiro atoms. The molecule has 0 aliphatic carbocycles. The van der Waals surface area contributed by atoms with Crippen molar-refractivity contribution in [2.24, 2.45) is 5.73 Å². The van der Waals surface area contributed by atoms with Crippen molar-refractivity contribution < 1.29 is 0 Å². The molecule has 0 atom stereocenters. The minimum Gasteiger partial charge on any atom is -0.386 e. The Hall–Kier alpha value is -0.660. The number of allylic oxidation sites excluding steroid dienone is 1. The molecule has 0 aliphatic rings. The second-order valence-electron chi connectivity index (χ2n) is 6.76. The maximum Gasteiger partial charge on any atom is 0.0948 e. The summed E-state index contributed by atoms with van der Waals surface area (Å²) in [6.07, 6.45) is 19.1. The first-order valence-electron chi connectivity index (χ1n) is 9.91. The Morgan fingerprint density at radius 3 is 1.59 bits per heavy atom. The average molecular weight is 311 g/mol. The molecule has 0 bridgehead atoms. The fourth-order valence-electron chi connectivity index (χ4n) is 2.85. The molecule has 0 aromatic heterocycles. The van der Waals surface area contributed by atoms with E-state index in [0.29, 0.717) is 0 Å². The van der Waals surface area contributed by atoms with Gasteiger partial charge in [0.15, 0.2) is 0 Å². The predicted octanol–water partition coefficient (Wildman–Crippen LogP) is 6.27. The third-order valence-corrected chi connectivity index (χ3v) is 4.43. The van der Waals surface area contributed by atoms with Crippen LogP contribution in [0.4, 0.5) is 0 Å². The Kier molecular flexibility index (Phi) is 16.2. The van der Waals surface area contributed by atoms with Gasteiger partial charge < -0.3 is 11.1 Å². The molecule has 3 N–H and O–H groups in total. The number of hydrogen-bond acceptors (Lipinski definition) is 2. The quantitative estimate of drug-likeness (QED) is 0.330. The number of rotatable bonds is 16. The molecule has 0 saturated heterocycles. The van der Waals surface area contributed by atoms with Gasteiger partial charge in [-0.1, -0.05) is 90.9 Å². The highest BCUT2D eigenvalue weighted by Gasteiger charge is 1.97. The highest BCUT2D eigenvalue weighted by Crippen LogP contribution is 2.12. The van der Waals surface area contributed by atoms with Crippen molar-refractivity contribution in [3.63, 3.8) is 0 Å². The van der Waals surface area contributed by atoms with Crippen LogP contribution in [0.15, 0.2) is 11.4 Å². The summed E-state index contributed by atoms with van der Waals surface area (Å²) in [5.74, 6) is 0.907. The molecule has 0 rings (SSSR count). The summed E-state index contributed by atoms with van der Waals surface area (Å²) in [4.78, 5) is 0. The maximum absolute atomic E-state index is 6.01. The molecular weight excluding hydrogens is 268 g/mol. The number of nitrogens with one attached hydrogen (secondary N) is 1. The summed E-state index contributed by atoms with van der Waals surface area (Å²) in [5, 5.41) is 3.36. The van der Waals surface area contributed by atoms with Crippen molar-refractivity contribution in [2.45, 2.75) is 111 Å². The zero-order valence-electron chi connectivity index (χ0n) is 15.7. The van der Waals surface area contributed by atoms with Gasteiger partial charge >= 0.3 is 0 Å². The van der Waals surface area contributed by atoms with Gasteiger partial charge in [-0.2, -0.15) is 0 Å². The van der Waals surface area contributed by atoms with E-state index in [2.05, 4.69) is 26.1 Å². The molecule has 0 aliphatic heterocycles. The molecule has 0 heterocycles. The molecule has 22 heavy (non-hydrogen) atoms. The Labute approximate surface area is 140 Å². The van der Waals surface area contributed by atoms with Gasteiger partial charge in [0, 0.05) is 6.54 Å². The van der Waals surface area contributed by atoms with Crippen molar-refractivity contribution in [1.82, 2.24) is 5.32 Å². The fourth-order valence-corrected chi connectivity index (χ4v) is 2.85. The first kappa shape index (κ1) is 21.3. The normalized spacial score (nSPS) is 12.3. The van der Waals surface area contributed by atoms with Gasteiger partial charge in [-0.25, -0.2) is 0 Å². The lowest BCUT2D eigenvalue weighted by molar-refractivity contribution is 0.540. The minimum atomic E-state index is 0.907. The Balaban J connectivity index is 3.22. The van der Waals surface area contributed by atoms with Gasteiger partial charge in [-0.15, -0.1) is 0 Å². The van der Waals surface area contributed by atoms with Gasteiger partial charge in [0.1, 0.15) is 0 Å². The number of nitrogens with two attached hydrogens (primary N) is 1. The molecule has 0 unspecified atom stereocenters. The van der Waals surface area contributed by atoms with E-state index in [1.807, 2.05) is 0 Å². The molecule has 0 aromatic rings. The lowest BCUT2D eigenvalue weighted by Gasteiger charge is -2.10. The molecule has 2 heteroatoms. The first-order chi connectivity index (χ1) is 10.7. The SMILES string of the molecule is CCCCCCCCCCCCCCNC(N)=C(C)CCC. The second kappa shape index (κ2) is 16.7. The van der Waals surface area contributed by atoms with Crippen LogP contribution in [0.5, 0.6) is 0 Å². The van der Waals surface area contributed by atoms with Crippen LogP contribution >= 0.6 is 0 Å². The third kappa shape index (κ3) is 14.3. The largest absolute Gasteiger partial charge is 0.386 e. The van der Waals surface area contributed by atoms with Crippen molar-refractivity contribution in [3.05, 3.63) is 11.4 Å². The van der Waals surface area contributed by atoms with Crippen LogP contribution in [0.3, 0.4) is 0 Å².